The second-order valence-corrected chi connectivity index (χ2v) is 7.59. The number of carbonyl (C=O) groups excluding carboxylic acids is 3. The van der Waals surface area contributed by atoms with Gasteiger partial charge in [-0.25, -0.2) is 0 Å². The van der Waals surface area contributed by atoms with Crippen LogP contribution in [0.25, 0.3) is 0 Å². The van der Waals surface area contributed by atoms with E-state index in [4.69, 9.17) is 4.84 Å². The fourth-order valence-corrected chi connectivity index (χ4v) is 2.74. The van der Waals surface area contributed by atoms with Gasteiger partial charge in [0, 0.05) is 25.8 Å². The third kappa shape index (κ3) is 17.9. The minimum atomic E-state index is -1.39. The first-order chi connectivity index (χ1) is 13.4. The molecule has 0 aromatic rings. The van der Waals surface area contributed by atoms with Crippen LogP contribution in [-0.4, -0.2) is 35.5 Å². The first-order valence-corrected chi connectivity index (χ1v) is 10.8. The second kappa shape index (κ2) is 17.6. The summed E-state index contributed by atoms with van der Waals surface area (Å²) >= 11 is 0. The van der Waals surface area contributed by atoms with E-state index in [1.165, 1.54) is 26.2 Å². The van der Waals surface area contributed by atoms with Crippen LogP contribution in [0.1, 0.15) is 104 Å². The monoisotopic (exact) mass is 400 g/mol. The molecule has 1 amide bonds. The summed E-state index contributed by atoms with van der Waals surface area (Å²) in [5.74, 6) is -0.270. The summed E-state index contributed by atoms with van der Waals surface area (Å²) in [6.07, 6.45) is 12.4. The molecule has 0 saturated heterocycles. The second-order valence-electron chi connectivity index (χ2n) is 7.59. The molecule has 0 aromatic heterocycles. The lowest BCUT2D eigenvalue weighted by molar-refractivity contribution is -0.171. The summed E-state index contributed by atoms with van der Waals surface area (Å²) in [5, 5.41) is 12.8. The van der Waals surface area contributed by atoms with Gasteiger partial charge in [0.05, 0.1) is 0 Å². The van der Waals surface area contributed by atoms with Crippen LogP contribution in [0.4, 0.5) is 0 Å². The Balaban J connectivity index is 3.45. The third-order valence-corrected chi connectivity index (χ3v) is 4.52. The minimum absolute atomic E-state index is 0.149. The highest BCUT2D eigenvalue weighted by Crippen LogP contribution is 2.09. The maximum Gasteiger partial charge on any atom is 0.324 e. The van der Waals surface area contributed by atoms with Crippen molar-refractivity contribution in [1.29, 1.82) is 0 Å². The van der Waals surface area contributed by atoms with E-state index < -0.39 is 11.7 Å². The molecule has 7 nitrogen and oxygen atoms in total. The molecule has 0 aliphatic heterocycles. The molecule has 7 heteroatoms. The Bertz CT molecular complexity index is 427. The van der Waals surface area contributed by atoms with Gasteiger partial charge in [-0.05, 0) is 32.6 Å². The molecule has 0 saturated carbocycles. The number of aldehydes is 1. The van der Waals surface area contributed by atoms with Crippen molar-refractivity contribution in [3.8, 4) is 0 Å². The van der Waals surface area contributed by atoms with E-state index in [0.29, 0.717) is 12.7 Å². The molecule has 164 valence electrons. The maximum absolute atomic E-state index is 11.7. The Kier molecular flexibility index (Phi) is 16.7. The first-order valence-electron chi connectivity index (χ1n) is 10.8. The zero-order chi connectivity index (χ0) is 21.1. The van der Waals surface area contributed by atoms with Crippen molar-refractivity contribution < 1.29 is 24.3 Å². The summed E-state index contributed by atoms with van der Waals surface area (Å²) in [6, 6.07) is 0. The van der Waals surface area contributed by atoms with Crippen LogP contribution in [0, 0.1) is 0 Å². The quantitative estimate of drug-likeness (QED) is 0.133. The van der Waals surface area contributed by atoms with E-state index in [-0.39, 0.29) is 25.2 Å². The fourth-order valence-electron chi connectivity index (χ4n) is 2.74. The number of hydrogen-bond donors (Lipinski definition) is 3. The molecule has 3 N–H and O–H groups in total. The van der Waals surface area contributed by atoms with E-state index in [2.05, 4.69) is 17.7 Å². The average Bonchev–Trinajstić information content (AvgIpc) is 2.66. The van der Waals surface area contributed by atoms with Crippen molar-refractivity contribution in [1.82, 2.24) is 10.8 Å². The van der Waals surface area contributed by atoms with Crippen molar-refractivity contribution in [2.45, 2.75) is 109 Å². The number of unbranched alkanes of at least 4 members (excludes halogenated alkanes) is 8. The van der Waals surface area contributed by atoms with Gasteiger partial charge in [-0.15, -0.1) is 5.48 Å². The van der Waals surface area contributed by atoms with Gasteiger partial charge in [0.1, 0.15) is 12.0 Å². The highest BCUT2D eigenvalue weighted by Gasteiger charge is 2.21. The predicted octanol–water partition coefficient (Wildman–Crippen LogP) is 3.54. The van der Waals surface area contributed by atoms with Crippen molar-refractivity contribution in [2.24, 2.45) is 0 Å². The average molecular weight is 401 g/mol. The first kappa shape index (κ1) is 26.5. The van der Waals surface area contributed by atoms with E-state index >= 15 is 0 Å². The highest BCUT2D eigenvalue weighted by atomic mass is 16.7. The Labute approximate surface area is 169 Å². The Morgan fingerprint density at radius 2 is 1.57 bits per heavy atom. The fraction of sp³-hybridized carbons (Fsp3) is 0.857. The molecule has 1 unspecified atom stereocenters. The summed E-state index contributed by atoms with van der Waals surface area (Å²) in [4.78, 5) is 38.4. The topological polar surface area (TPSA) is 105 Å². The van der Waals surface area contributed by atoms with Crippen LogP contribution in [0.3, 0.4) is 0 Å². The van der Waals surface area contributed by atoms with E-state index in [1.807, 2.05) is 0 Å². The molecule has 0 aromatic carbocycles. The van der Waals surface area contributed by atoms with Crippen LogP contribution in [0.15, 0.2) is 0 Å². The van der Waals surface area contributed by atoms with E-state index in [0.717, 1.165) is 51.5 Å². The number of aliphatic hydroxyl groups is 1. The Morgan fingerprint density at radius 1 is 0.964 bits per heavy atom. The van der Waals surface area contributed by atoms with Crippen LogP contribution in [-0.2, 0) is 19.2 Å². The molecule has 1 atom stereocenters. The van der Waals surface area contributed by atoms with Crippen LogP contribution >= 0.6 is 0 Å². The Morgan fingerprint density at radius 3 is 2.25 bits per heavy atom. The van der Waals surface area contributed by atoms with Crippen molar-refractivity contribution in [3.63, 3.8) is 0 Å². The lowest BCUT2D eigenvalue weighted by Crippen LogP contribution is -2.43. The molecule has 0 aliphatic carbocycles. The number of amides is 1. The van der Waals surface area contributed by atoms with Gasteiger partial charge in [0.2, 0.25) is 5.91 Å². The van der Waals surface area contributed by atoms with Gasteiger partial charge < -0.3 is 20.1 Å². The number of nitrogens with one attached hydrogen (secondary N) is 2. The van der Waals surface area contributed by atoms with Gasteiger partial charge in [-0.1, -0.05) is 51.9 Å². The van der Waals surface area contributed by atoms with Crippen molar-refractivity contribution in [2.75, 3.05) is 6.54 Å². The van der Waals surface area contributed by atoms with Gasteiger partial charge in [0.15, 0.2) is 0 Å². The summed E-state index contributed by atoms with van der Waals surface area (Å²) in [7, 11) is 0. The highest BCUT2D eigenvalue weighted by molar-refractivity contribution is 5.75. The van der Waals surface area contributed by atoms with E-state index in [9.17, 15) is 19.5 Å². The summed E-state index contributed by atoms with van der Waals surface area (Å²) in [5.41, 5.74) is 0.912. The summed E-state index contributed by atoms with van der Waals surface area (Å²) in [6.45, 7) is 4.35. The van der Waals surface area contributed by atoms with E-state index in [1.54, 1.807) is 0 Å². The molecular formula is C21H40N2O5. The van der Waals surface area contributed by atoms with Crippen LogP contribution in [0.5, 0.6) is 0 Å². The lowest BCUT2D eigenvalue weighted by atomic mass is 10.1. The minimum Gasteiger partial charge on any atom is -0.373 e. The molecule has 0 radical (unpaired) electrons. The van der Waals surface area contributed by atoms with Crippen LogP contribution in [0.2, 0.25) is 0 Å². The SMILES string of the molecule is CCCCCCCC(=O)NCCCCCCCC(=O)ONC(C)(O)CCC=O. The number of hydrogen-bond acceptors (Lipinski definition) is 6. The number of carbonyl (C=O) groups is 3. The molecule has 0 heterocycles. The zero-order valence-electron chi connectivity index (χ0n) is 17.8. The molecule has 28 heavy (non-hydrogen) atoms. The smallest absolute Gasteiger partial charge is 0.324 e. The molecule has 0 bridgehead atoms. The van der Waals surface area contributed by atoms with Crippen molar-refractivity contribution in [3.05, 3.63) is 0 Å². The predicted molar refractivity (Wildman–Crippen MR) is 109 cm³/mol. The summed E-state index contributed by atoms with van der Waals surface area (Å²) < 4.78 is 0. The molecule has 0 spiro atoms. The molecule has 0 rings (SSSR count). The zero-order valence-corrected chi connectivity index (χ0v) is 17.8. The Hall–Kier alpha value is -1.47. The maximum atomic E-state index is 11.7. The molecule has 0 fully saturated rings. The van der Waals surface area contributed by atoms with Crippen molar-refractivity contribution >= 4 is 18.2 Å². The number of rotatable bonds is 19. The standard InChI is InChI=1S/C21H40N2O5/c1-3-4-5-7-10-14-19(25)22-17-12-9-6-8-11-15-20(26)28-23-21(2,27)16-13-18-24/h18,23,27H,3-17H2,1-2H3,(H,22,25). The van der Waals surface area contributed by atoms with Gasteiger partial charge in [-0.2, -0.15) is 0 Å². The third-order valence-electron chi connectivity index (χ3n) is 4.52. The van der Waals surface area contributed by atoms with Gasteiger partial charge in [-0.3, -0.25) is 9.59 Å². The largest absolute Gasteiger partial charge is 0.373 e. The lowest BCUT2D eigenvalue weighted by Gasteiger charge is -2.22. The normalized spacial score (nSPS) is 13.0. The molecular weight excluding hydrogens is 360 g/mol. The van der Waals surface area contributed by atoms with Gasteiger partial charge >= 0.3 is 5.97 Å². The van der Waals surface area contributed by atoms with Crippen LogP contribution < -0.4 is 10.8 Å². The molecule has 0 aliphatic rings. The number of hydroxylamine groups is 1. The van der Waals surface area contributed by atoms with Gasteiger partial charge in [0.25, 0.3) is 0 Å².